The molecule has 6 nitrogen and oxygen atoms in total. The molecule has 146 valence electrons. The van der Waals surface area contributed by atoms with Crippen molar-refractivity contribution in [2.75, 3.05) is 13.1 Å². The molecule has 0 N–H and O–H groups in total. The highest BCUT2D eigenvalue weighted by Gasteiger charge is 2.23. The first-order valence-electron chi connectivity index (χ1n) is 9.54. The second kappa shape index (κ2) is 8.29. The number of aromatic nitrogens is 4. The minimum absolute atomic E-state index is 0.217. The number of nitrogens with zero attached hydrogens (tertiary/aromatic N) is 5. The summed E-state index contributed by atoms with van der Waals surface area (Å²) in [5, 5.41) is 9.49. The fraction of sp³-hybridized carbons (Fsp3) is 0.381. The molecule has 2 aromatic heterocycles. The average molecular weight is 398 g/mol. The van der Waals surface area contributed by atoms with Gasteiger partial charge in [0, 0.05) is 43.0 Å². The maximum atomic E-state index is 6.05. The third-order valence-electron chi connectivity index (χ3n) is 5.14. The maximum Gasteiger partial charge on any atom is 0.213 e. The van der Waals surface area contributed by atoms with Gasteiger partial charge in [-0.15, -0.1) is 10.2 Å². The number of aryl methyl sites for hydroxylation is 1. The Morgan fingerprint density at radius 3 is 2.57 bits per heavy atom. The summed E-state index contributed by atoms with van der Waals surface area (Å²) in [4.78, 5) is 6.71. The maximum absolute atomic E-state index is 6.05. The molecule has 0 bridgehead atoms. The van der Waals surface area contributed by atoms with Crippen LogP contribution in [0.15, 0.2) is 42.6 Å². The van der Waals surface area contributed by atoms with Crippen LogP contribution in [-0.2, 0) is 13.6 Å². The minimum atomic E-state index is 0.217. The van der Waals surface area contributed by atoms with Gasteiger partial charge in [-0.2, -0.15) is 0 Å². The molecule has 0 radical (unpaired) electrons. The smallest absolute Gasteiger partial charge is 0.213 e. The second-order valence-electron chi connectivity index (χ2n) is 7.27. The van der Waals surface area contributed by atoms with Gasteiger partial charge in [-0.05, 0) is 55.7 Å². The Bertz CT molecular complexity index is 932. The van der Waals surface area contributed by atoms with Crippen molar-refractivity contribution in [2.24, 2.45) is 7.05 Å². The van der Waals surface area contributed by atoms with Gasteiger partial charge in [0.2, 0.25) is 5.88 Å². The second-order valence-corrected chi connectivity index (χ2v) is 7.71. The van der Waals surface area contributed by atoms with Gasteiger partial charge in [0.25, 0.3) is 0 Å². The Morgan fingerprint density at radius 2 is 1.86 bits per heavy atom. The number of pyridine rings is 1. The van der Waals surface area contributed by atoms with Crippen LogP contribution in [0.25, 0.3) is 11.4 Å². The predicted molar refractivity (Wildman–Crippen MR) is 109 cm³/mol. The van der Waals surface area contributed by atoms with E-state index in [1.165, 1.54) is 5.56 Å². The highest BCUT2D eigenvalue weighted by molar-refractivity contribution is 6.30. The Labute approximate surface area is 170 Å². The van der Waals surface area contributed by atoms with Gasteiger partial charge >= 0.3 is 0 Å². The van der Waals surface area contributed by atoms with E-state index in [2.05, 4.69) is 31.6 Å². The molecule has 4 rings (SSSR count). The van der Waals surface area contributed by atoms with Crippen molar-refractivity contribution < 1.29 is 4.74 Å². The first-order chi connectivity index (χ1) is 13.6. The molecule has 1 fully saturated rings. The standard InChI is InChI=1S/C21H24ClN5O/c1-15-7-10-23-20(13-15)28-18-8-11-27(12-9-18)14-19-24-25-21(26(19)2)16-3-5-17(22)6-4-16/h3-7,10,13,18H,8-9,11-12,14H2,1-2H3. The van der Waals surface area contributed by atoms with E-state index in [1.807, 2.05) is 43.4 Å². The largest absolute Gasteiger partial charge is 0.474 e. The first kappa shape index (κ1) is 18.9. The molecule has 1 aromatic carbocycles. The highest BCUT2D eigenvalue weighted by Crippen LogP contribution is 2.22. The Kier molecular flexibility index (Phi) is 5.59. The van der Waals surface area contributed by atoms with Crippen molar-refractivity contribution >= 4 is 11.6 Å². The summed E-state index contributed by atoms with van der Waals surface area (Å²) in [5.74, 6) is 2.54. The molecule has 0 unspecified atom stereocenters. The summed E-state index contributed by atoms with van der Waals surface area (Å²) < 4.78 is 8.11. The molecule has 0 atom stereocenters. The number of hydrogen-bond donors (Lipinski definition) is 0. The first-order valence-corrected chi connectivity index (χ1v) is 9.92. The van der Waals surface area contributed by atoms with Crippen LogP contribution in [0.2, 0.25) is 5.02 Å². The van der Waals surface area contributed by atoms with E-state index in [0.717, 1.165) is 60.6 Å². The molecule has 3 heterocycles. The van der Waals surface area contributed by atoms with Gasteiger partial charge in [-0.3, -0.25) is 4.90 Å². The molecule has 0 spiro atoms. The van der Waals surface area contributed by atoms with E-state index in [4.69, 9.17) is 16.3 Å². The molecule has 3 aromatic rings. The lowest BCUT2D eigenvalue weighted by Gasteiger charge is -2.31. The van der Waals surface area contributed by atoms with Gasteiger partial charge in [-0.25, -0.2) is 4.98 Å². The van der Waals surface area contributed by atoms with Crippen molar-refractivity contribution in [3.8, 4) is 17.3 Å². The van der Waals surface area contributed by atoms with Crippen LogP contribution in [0, 0.1) is 6.92 Å². The Hall–Kier alpha value is -2.44. The Balaban J connectivity index is 1.34. The van der Waals surface area contributed by atoms with E-state index >= 15 is 0 Å². The fourth-order valence-corrected chi connectivity index (χ4v) is 3.60. The lowest BCUT2D eigenvalue weighted by molar-refractivity contribution is 0.0913. The molecule has 28 heavy (non-hydrogen) atoms. The van der Waals surface area contributed by atoms with Crippen LogP contribution in [0.1, 0.15) is 24.2 Å². The number of benzene rings is 1. The number of halogens is 1. The third kappa shape index (κ3) is 4.34. The van der Waals surface area contributed by atoms with Gasteiger partial charge in [0.05, 0.1) is 6.54 Å². The summed E-state index contributed by atoms with van der Waals surface area (Å²) >= 11 is 5.98. The molecule has 0 amide bonds. The van der Waals surface area contributed by atoms with Crippen molar-refractivity contribution in [3.05, 3.63) is 59.0 Å². The fourth-order valence-electron chi connectivity index (χ4n) is 3.48. The molecule has 0 saturated carbocycles. The van der Waals surface area contributed by atoms with Crippen molar-refractivity contribution in [3.63, 3.8) is 0 Å². The summed E-state index contributed by atoms with van der Waals surface area (Å²) in [6.45, 7) is 4.78. The average Bonchev–Trinajstić information content (AvgIpc) is 3.04. The zero-order valence-corrected chi connectivity index (χ0v) is 16.9. The van der Waals surface area contributed by atoms with Gasteiger partial charge in [0.15, 0.2) is 5.82 Å². The molecule has 7 heteroatoms. The van der Waals surface area contributed by atoms with E-state index in [0.29, 0.717) is 0 Å². The monoisotopic (exact) mass is 397 g/mol. The minimum Gasteiger partial charge on any atom is -0.474 e. The zero-order chi connectivity index (χ0) is 19.5. The van der Waals surface area contributed by atoms with Crippen LogP contribution in [-0.4, -0.2) is 43.8 Å². The SMILES string of the molecule is Cc1ccnc(OC2CCN(Cc3nnc(-c4ccc(Cl)cc4)n3C)CC2)c1. The Morgan fingerprint density at radius 1 is 1.11 bits per heavy atom. The molecular formula is C21H24ClN5O. The van der Waals surface area contributed by atoms with Crippen LogP contribution in [0.5, 0.6) is 5.88 Å². The summed E-state index contributed by atoms with van der Waals surface area (Å²) in [6.07, 6.45) is 3.98. The van der Waals surface area contributed by atoms with Crippen molar-refractivity contribution in [1.82, 2.24) is 24.6 Å². The quantitative estimate of drug-likeness (QED) is 0.653. The van der Waals surface area contributed by atoms with E-state index in [1.54, 1.807) is 6.20 Å². The van der Waals surface area contributed by atoms with E-state index in [-0.39, 0.29) is 6.10 Å². The number of ether oxygens (including phenoxy) is 1. The summed E-state index contributed by atoms with van der Waals surface area (Å²) in [7, 11) is 2.01. The molecule has 1 aliphatic heterocycles. The summed E-state index contributed by atoms with van der Waals surface area (Å²) in [6, 6.07) is 11.7. The summed E-state index contributed by atoms with van der Waals surface area (Å²) in [5.41, 5.74) is 2.18. The number of hydrogen-bond acceptors (Lipinski definition) is 5. The lowest BCUT2D eigenvalue weighted by atomic mass is 10.1. The van der Waals surface area contributed by atoms with E-state index in [9.17, 15) is 0 Å². The van der Waals surface area contributed by atoms with Gasteiger partial charge < -0.3 is 9.30 Å². The van der Waals surface area contributed by atoms with Crippen LogP contribution in [0.4, 0.5) is 0 Å². The molecule has 1 saturated heterocycles. The van der Waals surface area contributed by atoms with Gasteiger partial charge in [0.1, 0.15) is 11.9 Å². The molecule has 0 aliphatic carbocycles. The number of likely N-dealkylation sites (tertiary alicyclic amines) is 1. The van der Waals surface area contributed by atoms with Crippen LogP contribution < -0.4 is 4.74 Å². The zero-order valence-electron chi connectivity index (χ0n) is 16.2. The molecular weight excluding hydrogens is 374 g/mol. The molecule has 1 aliphatic rings. The number of rotatable bonds is 5. The van der Waals surface area contributed by atoms with Crippen LogP contribution >= 0.6 is 11.6 Å². The van der Waals surface area contributed by atoms with E-state index < -0.39 is 0 Å². The van der Waals surface area contributed by atoms with Crippen molar-refractivity contribution in [1.29, 1.82) is 0 Å². The van der Waals surface area contributed by atoms with Crippen LogP contribution in [0.3, 0.4) is 0 Å². The van der Waals surface area contributed by atoms with Crippen molar-refractivity contribution in [2.45, 2.75) is 32.4 Å². The highest BCUT2D eigenvalue weighted by atomic mass is 35.5. The third-order valence-corrected chi connectivity index (χ3v) is 5.40. The topological polar surface area (TPSA) is 56.1 Å². The number of piperidine rings is 1. The normalized spacial score (nSPS) is 15.7. The van der Waals surface area contributed by atoms with Gasteiger partial charge in [-0.1, -0.05) is 11.6 Å². The lowest BCUT2D eigenvalue weighted by Crippen LogP contribution is -2.38. The predicted octanol–water partition coefficient (Wildman–Crippen LogP) is 3.88.